The molecule has 3 heterocycles. The zero-order valence-electron chi connectivity index (χ0n) is 13.5. The molecule has 0 aromatic carbocycles. The summed E-state index contributed by atoms with van der Waals surface area (Å²) in [7, 11) is 1.83. The Balaban J connectivity index is 0.00000208. The largest absolute Gasteiger partial charge is 0.363 e. The Labute approximate surface area is 176 Å². The Morgan fingerprint density at radius 2 is 2.17 bits per heavy atom. The Hall–Kier alpha value is -0.320. The highest BCUT2D eigenvalue weighted by atomic mass is 127. The van der Waals surface area contributed by atoms with Crippen LogP contribution in [0.3, 0.4) is 0 Å². The quantitative estimate of drug-likeness (QED) is 0.340. The lowest BCUT2D eigenvalue weighted by Crippen LogP contribution is -2.48. The van der Waals surface area contributed by atoms with E-state index in [9.17, 15) is 0 Å². The van der Waals surface area contributed by atoms with Crippen LogP contribution in [-0.4, -0.2) is 32.1 Å². The van der Waals surface area contributed by atoms with Gasteiger partial charge in [-0.2, -0.15) is 0 Å². The summed E-state index contributed by atoms with van der Waals surface area (Å²) >= 11 is 7.06. The molecule has 4 nitrogen and oxygen atoms in total. The van der Waals surface area contributed by atoms with Gasteiger partial charge in [-0.1, -0.05) is 0 Å². The van der Waals surface area contributed by atoms with Gasteiger partial charge in [-0.3, -0.25) is 4.99 Å². The standard InChI is InChI=1S/C16H21BrN4S2.HI/c1-18-16(19-10-14-9-12(17)11-23-14)20-13-4-6-21(7-5-13)15-3-2-8-22-15;/h2-3,8-9,11,13H,4-7,10H2,1H3,(H2,18,19,20);1H. The average molecular weight is 541 g/mol. The summed E-state index contributed by atoms with van der Waals surface area (Å²) in [6.45, 7) is 3.02. The maximum atomic E-state index is 4.35. The monoisotopic (exact) mass is 540 g/mol. The first kappa shape index (κ1) is 20.0. The number of guanidine groups is 1. The molecule has 1 aliphatic rings. The van der Waals surface area contributed by atoms with Crippen LogP contribution < -0.4 is 15.5 Å². The summed E-state index contributed by atoms with van der Waals surface area (Å²) in [5.74, 6) is 0.893. The summed E-state index contributed by atoms with van der Waals surface area (Å²) in [5, 5.41) is 12.6. The van der Waals surface area contributed by atoms with Gasteiger partial charge in [-0.15, -0.1) is 46.7 Å². The van der Waals surface area contributed by atoms with Gasteiger partial charge in [0.15, 0.2) is 5.96 Å². The number of thiophene rings is 2. The molecule has 0 aliphatic carbocycles. The predicted octanol–water partition coefficient (Wildman–Crippen LogP) is 4.52. The van der Waals surface area contributed by atoms with Crippen molar-refractivity contribution in [2.24, 2.45) is 4.99 Å². The molecule has 0 unspecified atom stereocenters. The molecular formula is C16H22BrIN4S2. The molecule has 0 spiro atoms. The fourth-order valence-corrected chi connectivity index (χ4v) is 4.88. The van der Waals surface area contributed by atoms with E-state index in [0.717, 1.165) is 42.9 Å². The van der Waals surface area contributed by atoms with Gasteiger partial charge in [0.25, 0.3) is 0 Å². The first-order chi connectivity index (χ1) is 11.2. The van der Waals surface area contributed by atoms with E-state index >= 15 is 0 Å². The molecule has 1 fully saturated rings. The molecule has 1 saturated heterocycles. The number of hydrogen-bond acceptors (Lipinski definition) is 4. The number of hydrogen-bond donors (Lipinski definition) is 2. The van der Waals surface area contributed by atoms with Crippen LogP contribution in [0.25, 0.3) is 0 Å². The lowest BCUT2D eigenvalue weighted by Gasteiger charge is -2.33. The molecule has 1 aliphatic heterocycles. The molecule has 0 amide bonds. The minimum Gasteiger partial charge on any atom is -0.363 e. The van der Waals surface area contributed by atoms with E-state index in [2.05, 4.69) is 65.4 Å². The van der Waals surface area contributed by atoms with Gasteiger partial charge in [-0.05, 0) is 52.4 Å². The second kappa shape index (κ2) is 9.98. The lowest BCUT2D eigenvalue weighted by molar-refractivity contribution is 0.463. The van der Waals surface area contributed by atoms with E-state index < -0.39 is 0 Å². The van der Waals surface area contributed by atoms with Crippen molar-refractivity contribution in [3.63, 3.8) is 0 Å². The number of nitrogens with one attached hydrogen (secondary N) is 2. The number of piperidine rings is 1. The lowest BCUT2D eigenvalue weighted by atomic mass is 10.1. The molecule has 0 bridgehead atoms. The fourth-order valence-electron chi connectivity index (χ4n) is 2.70. The van der Waals surface area contributed by atoms with Crippen LogP contribution in [0.5, 0.6) is 0 Å². The molecule has 0 saturated carbocycles. The Morgan fingerprint density at radius 1 is 1.38 bits per heavy atom. The molecule has 3 rings (SSSR count). The van der Waals surface area contributed by atoms with E-state index in [4.69, 9.17) is 0 Å². The van der Waals surface area contributed by atoms with Gasteiger partial charge in [-0.25, -0.2) is 0 Å². The van der Waals surface area contributed by atoms with Gasteiger partial charge in [0.2, 0.25) is 0 Å². The minimum absolute atomic E-state index is 0. The summed E-state index contributed by atoms with van der Waals surface area (Å²) in [6, 6.07) is 6.97. The second-order valence-corrected chi connectivity index (χ2v) is 8.35. The van der Waals surface area contributed by atoms with Crippen molar-refractivity contribution in [2.45, 2.75) is 25.4 Å². The SMILES string of the molecule is CN=C(NCc1cc(Br)cs1)NC1CCN(c2cccs2)CC1.I. The molecule has 24 heavy (non-hydrogen) atoms. The molecule has 0 atom stereocenters. The number of aliphatic imine (C=N–C) groups is 1. The van der Waals surface area contributed by atoms with E-state index in [0.29, 0.717) is 6.04 Å². The van der Waals surface area contributed by atoms with Gasteiger partial charge in [0, 0.05) is 40.9 Å². The van der Waals surface area contributed by atoms with Crippen molar-refractivity contribution in [1.29, 1.82) is 0 Å². The van der Waals surface area contributed by atoms with E-state index in [-0.39, 0.29) is 24.0 Å². The van der Waals surface area contributed by atoms with Crippen LogP contribution in [0.15, 0.2) is 38.4 Å². The molecule has 132 valence electrons. The van der Waals surface area contributed by atoms with Crippen LogP contribution in [0.2, 0.25) is 0 Å². The van der Waals surface area contributed by atoms with Crippen molar-refractivity contribution in [1.82, 2.24) is 10.6 Å². The van der Waals surface area contributed by atoms with Crippen LogP contribution in [-0.2, 0) is 6.54 Å². The second-order valence-electron chi connectivity index (χ2n) is 5.51. The molecule has 2 N–H and O–H groups in total. The molecule has 8 heteroatoms. The van der Waals surface area contributed by atoms with Crippen LogP contribution >= 0.6 is 62.6 Å². The third kappa shape index (κ3) is 5.60. The Bertz CT molecular complexity index is 636. The molecular weight excluding hydrogens is 519 g/mol. The third-order valence-corrected chi connectivity index (χ3v) is 6.56. The number of anilines is 1. The van der Waals surface area contributed by atoms with Gasteiger partial charge < -0.3 is 15.5 Å². The molecule has 2 aromatic rings. The number of rotatable bonds is 4. The highest BCUT2D eigenvalue weighted by Crippen LogP contribution is 2.24. The Kier molecular flexibility index (Phi) is 8.32. The van der Waals surface area contributed by atoms with Crippen molar-refractivity contribution in [3.8, 4) is 0 Å². The van der Waals surface area contributed by atoms with Crippen molar-refractivity contribution in [2.75, 3.05) is 25.0 Å². The number of nitrogens with zero attached hydrogens (tertiary/aromatic N) is 2. The van der Waals surface area contributed by atoms with Crippen molar-refractivity contribution in [3.05, 3.63) is 38.3 Å². The average Bonchev–Trinajstić information content (AvgIpc) is 3.24. The van der Waals surface area contributed by atoms with Crippen LogP contribution in [0.4, 0.5) is 5.00 Å². The highest BCUT2D eigenvalue weighted by molar-refractivity contribution is 14.0. The highest BCUT2D eigenvalue weighted by Gasteiger charge is 2.20. The topological polar surface area (TPSA) is 39.7 Å². The first-order valence-corrected chi connectivity index (χ1v) is 10.3. The van der Waals surface area contributed by atoms with Crippen molar-refractivity contribution >= 4 is 73.5 Å². The smallest absolute Gasteiger partial charge is 0.191 e. The normalized spacial score (nSPS) is 15.9. The summed E-state index contributed by atoms with van der Waals surface area (Å²) in [5.41, 5.74) is 0. The van der Waals surface area contributed by atoms with Gasteiger partial charge >= 0.3 is 0 Å². The summed E-state index contributed by atoms with van der Waals surface area (Å²) < 4.78 is 1.14. The molecule has 2 aromatic heterocycles. The third-order valence-electron chi connectivity index (χ3n) is 3.93. The Morgan fingerprint density at radius 3 is 2.75 bits per heavy atom. The zero-order valence-corrected chi connectivity index (χ0v) is 19.0. The van der Waals surface area contributed by atoms with E-state index in [1.165, 1.54) is 9.88 Å². The first-order valence-electron chi connectivity index (χ1n) is 7.73. The molecule has 0 radical (unpaired) electrons. The van der Waals surface area contributed by atoms with Gasteiger partial charge in [0.05, 0.1) is 11.5 Å². The van der Waals surface area contributed by atoms with Crippen molar-refractivity contribution < 1.29 is 0 Å². The van der Waals surface area contributed by atoms with E-state index in [1.807, 2.05) is 18.4 Å². The van der Waals surface area contributed by atoms with Crippen LogP contribution in [0, 0.1) is 0 Å². The predicted molar refractivity (Wildman–Crippen MR) is 120 cm³/mol. The maximum Gasteiger partial charge on any atom is 0.191 e. The van der Waals surface area contributed by atoms with Crippen LogP contribution in [0.1, 0.15) is 17.7 Å². The maximum absolute atomic E-state index is 4.35. The summed E-state index contributed by atoms with van der Waals surface area (Å²) in [4.78, 5) is 8.12. The van der Waals surface area contributed by atoms with E-state index in [1.54, 1.807) is 11.3 Å². The summed E-state index contributed by atoms with van der Waals surface area (Å²) in [6.07, 6.45) is 2.28. The fraction of sp³-hybridized carbons (Fsp3) is 0.438. The number of halogens is 2. The minimum atomic E-state index is 0. The van der Waals surface area contributed by atoms with Gasteiger partial charge in [0.1, 0.15) is 0 Å². The zero-order chi connectivity index (χ0) is 16.1.